The van der Waals surface area contributed by atoms with Crippen LogP contribution >= 0.6 is 24.0 Å². The molecule has 0 unspecified atom stereocenters. The van der Waals surface area contributed by atoms with Crippen LogP contribution in [0.1, 0.15) is 24.0 Å². The number of hydrogen-bond donors (Lipinski definition) is 2. The summed E-state index contributed by atoms with van der Waals surface area (Å²) in [5.74, 6) is 0.625. The Balaban J connectivity index is 0.00000256. The van der Waals surface area contributed by atoms with Gasteiger partial charge in [0.05, 0.1) is 13.2 Å². The lowest BCUT2D eigenvalue weighted by Gasteiger charge is -2.29. The average molecular weight is 524 g/mol. The highest BCUT2D eigenvalue weighted by Crippen LogP contribution is 2.48. The molecule has 0 bridgehead atoms. The molecule has 4 rings (SSSR count). The van der Waals surface area contributed by atoms with Crippen molar-refractivity contribution in [3.05, 3.63) is 65.5 Å². The molecule has 1 saturated carbocycles. The molecular weight excluding hydrogens is 494 g/mol. The maximum absolute atomic E-state index is 14.2. The number of rotatable bonds is 6. The van der Waals surface area contributed by atoms with Gasteiger partial charge in [0, 0.05) is 44.3 Å². The Kier molecular flexibility index (Phi) is 7.93. The number of anilines is 1. The predicted molar refractivity (Wildman–Crippen MR) is 130 cm³/mol. The van der Waals surface area contributed by atoms with E-state index in [-0.39, 0.29) is 35.2 Å². The molecule has 0 spiro atoms. The minimum absolute atomic E-state index is 0. The average Bonchev–Trinajstić information content (AvgIpc) is 3.56. The van der Waals surface area contributed by atoms with Crippen LogP contribution in [0.4, 0.5) is 10.1 Å². The van der Waals surface area contributed by atoms with Gasteiger partial charge in [0.25, 0.3) is 0 Å². The Morgan fingerprint density at radius 2 is 1.77 bits per heavy atom. The molecule has 1 aliphatic carbocycles. The van der Waals surface area contributed by atoms with Gasteiger partial charge in [-0.25, -0.2) is 4.39 Å². The third-order valence-electron chi connectivity index (χ3n) is 5.89. The molecule has 0 aromatic heterocycles. The molecule has 2 N–H and O–H groups in total. The van der Waals surface area contributed by atoms with Crippen LogP contribution in [-0.2, 0) is 16.7 Å². The summed E-state index contributed by atoms with van der Waals surface area (Å²) in [5.41, 5.74) is 3.13. The topological polar surface area (TPSA) is 48.9 Å². The second-order valence-corrected chi connectivity index (χ2v) is 7.81. The molecule has 0 atom stereocenters. The normalized spacial score (nSPS) is 17.8. The Labute approximate surface area is 195 Å². The Hall–Kier alpha value is -1.87. The largest absolute Gasteiger partial charge is 0.378 e. The monoisotopic (exact) mass is 524 g/mol. The summed E-state index contributed by atoms with van der Waals surface area (Å²) in [6.45, 7) is 4.84. The van der Waals surface area contributed by atoms with E-state index in [0.29, 0.717) is 13.1 Å². The highest BCUT2D eigenvalue weighted by Gasteiger charge is 2.45. The minimum atomic E-state index is -0.116. The second-order valence-electron chi connectivity index (χ2n) is 7.81. The van der Waals surface area contributed by atoms with E-state index in [2.05, 4.69) is 44.8 Å². The lowest BCUT2D eigenvalue weighted by Crippen LogP contribution is -2.41. The van der Waals surface area contributed by atoms with E-state index < -0.39 is 0 Å². The van der Waals surface area contributed by atoms with E-state index in [1.165, 1.54) is 11.3 Å². The number of nitrogens with zero attached hydrogens (tertiary/aromatic N) is 2. The van der Waals surface area contributed by atoms with Crippen molar-refractivity contribution in [2.45, 2.75) is 24.8 Å². The molecule has 1 saturated heterocycles. The number of hydrogen-bond acceptors (Lipinski definition) is 3. The van der Waals surface area contributed by atoms with Crippen LogP contribution in [-0.4, -0.2) is 45.9 Å². The molecule has 2 aliphatic rings. The maximum atomic E-state index is 14.2. The Morgan fingerprint density at radius 3 is 2.40 bits per heavy atom. The molecule has 2 aromatic rings. The van der Waals surface area contributed by atoms with Gasteiger partial charge in [-0.1, -0.05) is 30.3 Å². The SMILES string of the molecule is CN=C(NCc1ccc(N2CCOCC2)cc1)NCC1(c2ccccc2F)CC1.I. The smallest absolute Gasteiger partial charge is 0.191 e. The summed E-state index contributed by atoms with van der Waals surface area (Å²) in [4.78, 5) is 6.67. The number of ether oxygens (including phenoxy) is 1. The van der Waals surface area contributed by atoms with E-state index in [1.807, 2.05) is 12.1 Å². The lowest BCUT2D eigenvalue weighted by molar-refractivity contribution is 0.122. The molecule has 30 heavy (non-hydrogen) atoms. The zero-order chi connectivity index (χ0) is 20.1. The van der Waals surface area contributed by atoms with Gasteiger partial charge in [0.15, 0.2) is 5.96 Å². The fourth-order valence-corrected chi connectivity index (χ4v) is 3.89. The molecule has 0 amide bonds. The van der Waals surface area contributed by atoms with Crippen LogP contribution in [0, 0.1) is 5.82 Å². The predicted octanol–water partition coefficient (Wildman–Crippen LogP) is 3.68. The molecule has 1 heterocycles. The Bertz CT molecular complexity index is 849. The number of nitrogens with one attached hydrogen (secondary N) is 2. The highest BCUT2D eigenvalue weighted by molar-refractivity contribution is 14.0. The molecule has 2 aromatic carbocycles. The van der Waals surface area contributed by atoms with Crippen molar-refractivity contribution >= 4 is 35.6 Å². The van der Waals surface area contributed by atoms with Gasteiger partial charge < -0.3 is 20.3 Å². The van der Waals surface area contributed by atoms with Gasteiger partial charge in [0.1, 0.15) is 5.82 Å². The van der Waals surface area contributed by atoms with Gasteiger partial charge in [-0.2, -0.15) is 0 Å². The van der Waals surface area contributed by atoms with Crippen molar-refractivity contribution in [3.8, 4) is 0 Å². The number of benzene rings is 2. The molecule has 0 radical (unpaired) electrons. The van der Waals surface area contributed by atoms with Crippen molar-refractivity contribution < 1.29 is 9.13 Å². The third-order valence-corrected chi connectivity index (χ3v) is 5.89. The summed E-state index contributed by atoms with van der Waals surface area (Å²) >= 11 is 0. The molecule has 162 valence electrons. The number of halogens is 2. The standard InChI is InChI=1S/C23H29FN4O.HI/c1-25-22(27-17-23(10-11-23)20-4-2-3-5-21(20)24)26-16-18-6-8-19(9-7-18)28-12-14-29-15-13-28;/h2-9H,10-17H2,1H3,(H2,25,26,27);1H. The first-order chi connectivity index (χ1) is 14.2. The molecule has 1 aliphatic heterocycles. The van der Waals surface area contributed by atoms with Gasteiger partial charge in [-0.15, -0.1) is 24.0 Å². The van der Waals surface area contributed by atoms with Crippen LogP contribution in [0.3, 0.4) is 0 Å². The zero-order valence-corrected chi connectivity index (χ0v) is 19.7. The fourth-order valence-electron chi connectivity index (χ4n) is 3.89. The van der Waals surface area contributed by atoms with Crippen molar-refractivity contribution in [2.24, 2.45) is 4.99 Å². The minimum Gasteiger partial charge on any atom is -0.378 e. The highest BCUT2D eigenvalue weighted by atomic mass is 127. The summed E-state index contributed by atoms with van der Waals surface area (Å²) in [6.07, 6.45) is 2.00. The summed E-state index contributed by atoms with van der Waals surface area (Å²) in [5, 5.41) is 6.74. The van der Waals surface area contributed by atoms with Crippen molar-refractivity contribution in [2.75, 3.05) is 44.8 Å². The van der Waals surface area contributed by atoms with Crippen molar-refractivity contribution in [1.29, 1.82) is 0 Å². The van der Waals surface area contributed by atoms with E-state index in [4.69, 9.17) is 4.74 Å². The zero-order valence-electron chi connectivity index (χ0n) is 17.4. The quantitative estimate of drug-likeness (QED) is 0.344. The molecule has 2 fully saturated rings. The van der Waals surface area contributed by atoms with Gasteiger partial charge in [0.2, 0.25) is 0 Å². The van der Waals surface area contributed by atoms with E-state index in [9.17, 15) is 4.39 Å². The summed E-state index contributed by atoms with van der Waals surface area (Å²) in [7, 11) is 1.76. The van der Waals surface area contributed by atoms with Crippen LogP contribution < -0.4 is 15.5 Å². The van der Waals surface area contributed by atoms with Crippen LogP contribution in [0.15, 0.2) is 53.5 Å². The van der Waals surface area contributed by atoms with Crippen molar-refractivity contribution in [3.63, 3.8) is 0 Å². The maximum Gasteiger partial charge on any atom is 0.191 e. The summed E-state index contributed by atoms with van der Waals surface area (Å²) < 4.78 is 19.6. The number of aliphatic imine (C=N–C) groups is 1. The van der Waals surface area contributed by atoms with Crippen LogP contribution in [0.2, 0.25) is 0 Å². The van der Waals surface area contributed by atoms with Crippen molar-refractivity contribution in [1.82, 2.24) is 10.6 Å². The van der Waals surface area contributed by atoms with Gasteiger partial charge in [-0.3, -0.25) is 4.99 Å². The second kappa shape index (κ2) is 10.4. The molecule has 5 nitrogen and oxygen atoms in total. The summed E-state index contributed by atoms with van der Waals surface area (Å²) in [6, 6.07) is 15.7. The first kappa shape index (κ1) is 22.8. The molecule has 7 heteroatoms. The van der Waals surface area contributed by atoms with Crippen LogP contribution in [0.25, 0.3) is 0 Å². The van der Waals surface area contributed by atoms with E-state index >= 15 is 0 Å². The number of morpholine rings is 1. The van der Waals surface area contributed by atoms with Gasteiger partial charge >= 0.3 is 0 Å². The van der Waals surface area contributed by atoms with E-state index in [0.717, 1.165) is 50.7 Å². The third kappa shape index (κ3) is 5.43. The Morgan fingerprint density at radius 1 is 1.07 bits per heavy atom. The lowest BCUT2D eigenvalue weighted by atomic mass is 9.95. The first-order valence-electron chi connectivity index (χ1n) is 10.3. The molecular formula is C23H30FIN4O. The van der Waals surface area contributed by atoms with E-state index in [1.54, 1.807) is 19.2 Å². The first-order valence-corrected chi connectivity index (χ1v) is 10.3. The van der Waals surface area contributed by atoms with Crippen LogP contribution in [0.5, 0.6) is 0 Å². The number of guanidine groups is 1. The van der Waals surface area contributed by atoms with Gasteiger partial charge in [-0.05, 0) is 42.2 Å². The fraction of sp³-hybridized carbons (Fsp3) is 0.435.